The lowest BCUT2D eigenvalue weighted by Crippen LogP contribution is -2.31. The Kier molecular flexibility index (Phi) is 5.76. The Hall–Kier alpha value is -1.39. The van der Waals surface area contributed by atoms with Crippen molar-refractivity contribution in [3.05, 3.63) is 64.1 Å². The summed E-state index contributed by atoms with van der Waals surface area (Å²) in [7, 11) is 0. The summed E-state index contributed by atoms with van der Waals surface area (Å²) < 4.78 is 1.08. The van der Waals surface area contributed by atoms with Crippen LogP contribution in [0.1, 0.15) is 31.0 Å². The summed E-state index contributed by atoms with van der Waals surface area (Å²) in [6.07, 6.45) is 0.980. The molecule has 0 aromatic heterocycles. The van der Waals surface area contributed by atoms with Crippen LogP contribution in [0.5, 0.6) is 0 Å². The summed E-state index contributed by atoms with van der Waals surface area (Å²) in [5.74, 6) is 0. The van der Waals surface area contributed by atoms with Crippen molar-refractivity contribution in [3.8, 4) is 0 Å². The van der Waals surface area contributed by atoms with Crippen LogP contribution >= 0.6 is 28.1 Å². The van der Waals surface area contributed by atoms with Gasteiger partial charge >= 0.3 is 0 Å². The molecule has 110 valence electrons. The highest BCUT2D eigenvalue weighted by Gasteiger charge is 2.08. The zero-order valence-corrected chi connectivity index (χ0v) is 14.6. The molecular weight excluding hydrogens is 344 g/mol. The topological polar surface area (TPSA) is 24.1 Å². The van der Waals surface area contributed by atoms with Crippen molar-refractivity contribution in [1.29, 1.82) is 0 Å². The molecule has 2 nitrogen and oxygen atoms in total. The second kappa shape index (κ2) is 7.57. The number of rotatable bonds is 4. The molecule has 0 aliphatic carbocycles. The van der Waals surface area contributed by atoms with Crippen molar-refractivity contribution in [2.45, 2.75) is 26.3 Å². The van der Waals surface area contributed by atoms with Crippen molar-refractivity contribution in [3.63, 3.8) is 0 Å². The minimum atomic E-state index is 0.159. The SMILES string of the molecule is CCc1ccccc1NC(=S)N[C@H](C)c1ccc(Br)cc1. The predicted molar refractivity (Wildman–Crippen MR) is 97.7 cm³/mol. The van der Waals surface area contributed by atoms with Gasteiger partial charge in [0.05, 0.1) is 6.04 Å². The lowest BCUT2D eigenvalue weighted by atomic mass is 10.1. The molecular formula is C17H19BrN2S. The number of hydrogen-bond donors (Lipinski definition) is 2. The van der Waals surface area contributed by atoms with Crippen molar-refractivity contribution >= 4 is 38.9 Å². The van der Waals surface area contributed by atoms with Gasteiger partial charge in [0.1, 0.15) is 0 Å². The van der Waals surface area contributed by atoms with E-state index in [2.05, 4.69) is 64.7 Å². The molecule has 0 saturated carbocycles. The summed E-state index contributed by atoms with van der Waals surface area (Å²) in [6.45, 7) is 4.24. The molecule has 0 bridgehead atoms. The molecule has 0 aliphatic rings. The van der Waals surface area contributed by atoms with Crippen LogP contribution in [0.15, 0.2) is 53.0 Å². The van der Waals surface area contributed by atoms with Gasteiger partial charge in [-0.15, -0.1) is 0 Å². The molecule has 2 aromatic rings. The molecule has 0 amide bonds. The Morgan fingerprint density at radius 2 is 1.81 bits per heavy atom. The van der Waals surface area contributed by atoms with E-state index in [1.54, 1.807) is 0 Å². The quantitative estimate of drug-likeness (QED) is 0.743. The molecule has 2 N–H and O–H groups in total. The van der Waals surface area contributed by atoms with Crippen LogP contribution < -0.4 is 10.6 Å². The number of halogens is 1. The number of para-hydroxylation sites is 1. The van der Waals surface area contributed by atoms with Crippen molar-refractivity contribution in [2.75, 3.05) is 5.32 Å². The zero-order valence-electron chi connectivity index (χ0n) is 12.2. The van der Waals surface area contributed by atoms with E-state index in [1.165, 1.54) is 11.1 Å². The normalized spacial score (nSPS) is 11.8. The third-order valence-corrected chi connectivity index (χ3v) is 4.11. The summed E-state index contributed by atoms with van der Waals surface area (Å²) in [5.41, 5.74) is 3.53. The van der Waals surface area contributed by atoms with Crippen LogP contribution in [0.4, 0.5) is 5.69 Å². The Balaban J connectivity index is 1.99. The van der Waals surface area contributed by atoms with Crippen LogP contribution in [0.25, 0.3) is 0 Å². The van der Waals surface area contributed by atoms with Crippen molar-refractivity contribution in [2.24, 2.45) is 0 Å². The summed E-state index contributed by atoms with van der Waals surface area (Å²) in [4.78, 5) is 0. The first-order chi connectivity index (χ1) is 10.1. The van der Waals surface area contributed by atoms with Crippen LogP contribution in [0, 0.1) is 0 Å². The van der Waals surface area contributed by atoms with E-state index < -0.39 is 0 Å². The van der Waals surface area contributed by atoms with Gasteiger partial charge < -0.3 is 10.6 Å². The van der Waals surface area contributed by atoms with Gasteiger partial charge in [0.25, 0.3) is 0 Å². The maximum Gasteiger partial charge on any atom is 0.171 e. The third-order valence-electron chi connectivity index (χ3n) is 3.36. The summed E-state index contributed by atoms with van der Waals surface area (Å²) in [6, 6.07) is 16.6. The molecule has 0 radical (unpaired) electrons. The van der Waals surface area contributed by atoms with Gasteiger partial charge in [-0.05, 0) is 54.9 Å². The van der Waals surface area contributed by atoms with Crippen LogP contribution in [-0.2, 0) is 6.42 Å². The van der Waals surface area contributed by atoms with Gasteiger partial charge in [-0.3, -0.25) is 0 Å². The van der Waals surface area contributed by atoms with E-state index >= 15 is 0 Å². The van der Waals surface area contributed by atoms with E-state index in [0.717, 1.165) is 16.6 Å². The molecule has 2 aromatic carbocycles. The second-order valence-electron chi connectivity index (χ2n) is 4.88. The van der Waals surface area contributed by atoms with Crippen molar-refractivity contribution < 1.29 is 0 Å². The number of aryl methyl sites for hydroxylation is 1. The summed E-state index contributed by atoms with van der Waals surface area (Å²) >= 11 is 8.86. The fourth-order valence-corrected chi connectivity index (χ4v) is 2.69. The standard InChI is InChI=1S/C17H19BrN2S/c1-3-13-6-4-5-7-16(13)20-17(21)19-12(2)14-8-10-15(18)11-9-14/h4-12H,3H2,1-2H3,(H2,19,20,21)/t12-/m1/s1. The number of benzene rings is 2. The van der Waals surface area contributed by atoms with Crippen LogP contribution in [0.2, 0.25) is 0 Å². The molecule has 0 unspecified atom stereocenters. The Morgan fingerprint density at radius 3 is 2.48 bits per heavy atom. The zero-order chi connectivity index (χ0) is 15.2. The maximum atomic E-state index is 5.41. The number of nitrogens with one attached hydrogen (secondary N) is 2. The molecule has 1 atom stereocenters. The van der Waals surface area contributed by atoms with Gasteiger partial charge in [-0.2, -0.15) is 0 Å². The Labute approximate surface area is 140 Å². The van der Waals surface area contributed by atoms with E-state index in [0.29, 0.717) is 5.11 Å². The lowest BCUT2D eigenvalue weighted by molar-refractivity contribution is 0.722. The highest BCUT2D eigenvalue weighted by Crippen LogP contribution is 2.18. The monoisotopic (exact) mass is 362 g/mol. The molecule has 0 spiro atoms. The number of thiocarbonyl (C=S) groups is 1. The summed E-state index contributed by atoms with van der Waals surface area (Å²) in [5, 5.41) is 7.25. The van der Waals surface area contributed by atoms with E-state index in [4.69, 9.17) is 12.2 Å². The highest BCUT2D eigenvalue weighted by atomic mass is 79.9. The first kappa shape index (κ1) is 16.0. The third kappa shape index (κ3) is 4.55. The molecule has 2 rings (SSSR count). The maximum absolute atomic E-state index is 5.41. The number of anilines is 1. The first-order valence-corrected chi connectivity index (χ1v) is 8.21. The lowest BCUT2D eigenvalue weighted by Gasteiger charge is -2.18. The van der Waals surface area contributed by atoms with E-state index in [9.17, 15) is 0 Å². The average molecular weight is 363 g/mol. The van der Waals surface area contributed by atoms with Gasteiger partial charge in [0.15, 0.2) is 5.11 Å². The molecule has 0 saturated heterocycles. The minimum absolute atomic E-state index is 0.159. The molecule has 21 heavy (non-hydrogen) atoms. The van der Waals surface area contributed by atoms with Gasteiger partial charge in [0.2, 0.25) is 0 Å². The molecule has 4 heteroatoms. The van der Waals surface area contributed by atoms with Gasteiger partial charge in [-0.1, -0.05) is 53.2 Å². The first-order valence-electron chi connectivity index (χ1n) is 7.01. The van der Waals surface area contributed by atoms with Crippen LogP contribution in [0.3, 0.4) is 0 Å². The fourth-order valence-electron chi connectivity index (χ4n) is 2.14. The molecule has 0 aliphatic heterocycles. The largest absolute Gasteiger partial charge is 0.356 e. The average Bonchev–Trinajstić information content (AvgIpc) is 2.48. The van der Waals surface area contributed by atoms with E-state index in [-0.39, 0.29) is 6.04 Å². The van der Waals surface area contributed by atoms with Crippen molar-refractivity contribution in [1.82, 2.24) is 5.32 Å². The van der Waals surface area contributed by atoms with E-state index in [1.807, 2.05) is 24.3 Å². The molecule has 0 heterocycles. The Morgan fingerprint density at radius 1 is 1.14 bits per heavy atom. The van der Waals surface area contributed by atoms with Gasteiger partial charge in [0, 0.05) is 10.2 Å². The highest BCUT2D eigenvalue weighted by molar-refractivity contribution is 9.10. The minimum Gasteiger partial charge on any atom is -0.356 e. The predicted octanol–water partition coefficient (Wildman–Crippen LogP) is 5.06. The smallest absolute Gasteiger partial charge is 0.171 e. The van der Waals surface area contributed by atoms with Gasteiger partial charge in [-0.25, -0.2) is 0 Å². The fraction of sp³-hybridized carbons (Fsp3) is 0.235. The van der Waals surface area contributed by atoms with Crippen LogP contribution in [-0.4, -0.2) is 5.11 Å². The number of hydrogen-bond acceptors (Lipinski definition) is 1. The molecule has 0 fully saturated rings. The second-order valence-corrected chi connectivity index (χ2v) is 6.21. The Bertz CT molecular complexity index is 610.